The van der Waals surface area contributed by atoms with Crippen molar-refractivity contribution in [3.05, 3.63) is 72.4 Å². The average Bonchev–Trinajstić information content (AvgIpc) is 2.92. The van der Waals surface area contributed by atoms with Gasteiger partial charge in [-0.1, -0.05) is 108 Å². The van der Waals surface area contributed by atoms with Crippen molar-refractivity contribution in [2.45, 2.75) is 83.9 Å². The molecule has 3 rings (SSSR count). The Kier molecular flexibility index (Phi) is 11.5. The number of pyridine rings is 1. The number of hydrogen-bond donors (Lipinski definition) is 0. The second kappa shape index (κ2) is 14.8. The Morgan fingerprint density at radius 2 is 1.39 bits per heavy atom. The van der Waals surface area contributed by atoms with Crippen LogP contribution in [0, 0.1) is 5.92 Å². The van der Waals surface area contributed by atoms with Gasteiger partial charge in [0.15, 0.2) is 0 Å². The third-order valence-electron chi connectivity index (χ3n) is 6.85. The summed E-state index contributed by atoms with van der Waals surface area (Å²) in [5, 5.41) is -0.634. The molecule has 2 unspecified atom stereocenters. The molecule has 1 heterocycles. The first-order valence-corrected chi connectivity index (χ1v) is 14.0. The third kappa shape index (κ3) is 8.48. The van der Waals surface area contributed by atoms with Gasteiger partial charge in [0.25, 0.3) is 0 Å². The van der Waals surface area contributed by atoms with Gasteiger partial charge in [0, 0.05) is 11.8 Å². The van der Waals surface area contributed by atoms with E-state index in [0.717, 1.165) is 35.2 Å². The normalized spacial score (nSPS) is 12.8. The minimum absolute atomic E-state index is 0.0766. The third-order valence-corrected chi connectivity index (χ3v) is 7.46. The summed E-state index contributed by atoms with van der Waals surface area (Å²) in [6.45, 7) is 6.22. The molecule has 36 heavy (non-hydrogen) atoms. The van der Waals surface area contributed by atoms with Gasteiger partial charge in [0.2, 0.25) is 0 Å². The summed E-state index contributed by atoms with van der Waals surface area (Å²) in [5.74, 6) is 0.187. The van der Waals surface area contributed by atoms with E-state index in [-0.39, 0.29) is 5.92 Å². The first-order chi connectivity index (χ1) is 17.5. The summed E-state index contributed by atoms with van der Waals surface area (Å²) in [5.41, 5.74) is 5.56. The van der Waals surface area contributed by atoms with Crippen molar-refractivity contribution in [1.82, 2.24) is 4.98 Å². The molecular formula is C32H40ClNO2. The molecule has 0 radical (unpaired) electrons. The Hall–Kier alpha value is -2.65. The van der Waals surface area contributed by atoms with E-state index in [1.807, 2.05) is 44.3 Å². The Bertz CT molecular complexity index is 1050. The molecule has 0 aliphatic heterocycles. The van der Waals surface area contributed by atoms with Crippen LogP contribution in [-0.2, 0) is 11.2 Å². The average molecular weight is 506 g/mol. The first kappa shape index (κ1) is 27.9. The van der Waals surface area contributed by atoms with Crippen molar-refractivity contribution in [3.8, 4) is 28.1 Å². The highest BCUT2D eigenvalue weighted by Gasteiger charge is 2.23. The molecule has 1 aromatic heterocycles. The minimum Gasteiger partial charge on any atom is -0.425 e. The maximum Gasteiger partial charge on any atom is 0.329 e. The lowest BCUT2D eigenvalue weighted by atomic mass is 10.0. The van der Waals surface area contributed by atoms with Gasteiger partial charge in [-0.3, -0.25) is 9.78 Å². The minimum atomic E-state index is -0.634. The molecule has 3 aromatic rings. The number of carbonyl (C=O) groups excluding carboxylic acids is 1. The largest absolute Gasteiger partial charge is 0.425 e. The van der Waals surface area contributed by atoms with Crippen molar-refractivity contribution in [2.75, 3.05) is 0 Å². The van der Waals surface area contributed by atoms with E-state index < -0.39 is 11.3 Å². The molecule has 0 bridgehead atoms. The number of aryl methyl sites for hydroxylation is 1. The van der Waals surface area contributed by atoms with E-state index in [9.17, 15) is 4.79 Å². The van der Waals surface area contributed by atoms with Crippen molar-refractivity contribution in [2.24, 2.45) is 5.92 Å². The van der Waals surface area contributed by atoms with Crippen LogP contribution in [0.3, 0.4) is 0 Å². The molecule has 2 aromatic carbocycles. The fourth-order valence-electron chi connectivity index (χ4n) is 4.19. The molecule has 0 saturated carbocycles. The number of halogens is 1. The van der Waals surface area contributed by atoms with E-state index in [4.69, 9.17) is 21.3 Å². The van der Waals surface area contributed by atoms with Crippen LogP contribution in [0.5, 0.6) is 5.75 Å². The van der Waals surface area contributed by atoms with E-state index >= 15 is 0 Å². The lowest BCUT2D eigenvalue weighted by Gasteiger charge is -2.15. The van der Waals surface area contributed by atoms with Crippen LogP contribution >= 0.6 is 11.6 Å². The molecule has 0 fully saturated rings. The number of rotatable bonds is 14. The zero-order valence-electron chi connectivity index (χ0n) is 22.0. The second-order valence-electron chi connectivity index (χ2n) is 9.73. The molecule has 0 aliphatic carbocycles. The molecule has 192 valence electrons. The number of aromatic nitrogens is 1. The van der Waals surface area contributed by atoms with Gasteiger partial charge in [-0.2, -0.15) is 0 Å². The van der Waals surface area contributed by atoms with E-state index in [2.05, 4.69) is 43.3 Å². The fourth-order valence-corrected chi connectivity index (χ4v) is 4.41. The van der Waals surface area contributed by atoms with Crippen molar-refractivity contribution < 1.29 is 9.53 Å². The number of benzene rings is 2. The van der Waals surface area contributed by atoms with Crippen LogP contribution in [0.1, 0.15) is 77.7 Å². The lowest BCUT2D eigenvalue weighted by molar-refractivity contribution is -0.134. The molecule has 4 heteroatoms. The van der Waals surface area contributed by atoms with E-state index in [0.29, 0.717) is 5.75 Å². The summed E-state index contributed by atoms with van der Waals surface area (Å²) < 4.78 is 5.45. The van der Waals surface area contributed by atoms with Gasteiger partial charge in [0.05, 0.1) is 5.69 Å². The summed E-state index contributed by atoms with van der Waals surface area (Å²) in [4.78, 5) is 16.9. The summed E-state index contributed by atoms with van der Waals surface area (Å²) in [6.07, 6.45) is 13.3. The van der Waals surface area contributed by atoms with Gasteiger partial charge >= 0.3 is 5.97 Å². The first-order valence-electron chi connectivity index (χ1n) is 13.5. The summed E-state index contributed by atoms with van der Waals surface area (Å²) >= 11 is 6.20. The molecular weight excluding hydrogens is 466 g/mol. The van der Waals surface area contributed by atoms with E-state index in [1.54, 1.807) is 0 Å². The zero-order chi connectivity index (χ0) is 25.8. The molecule has 0 amide bonds. The Morgan fingerprint density at radius 1 is 0.806 bits per heavy atom. The molecule has 0 N–H and O–H groups in total. The number of hydrogen-bond acceptors (Lipinski definition) is 3. The van der Waals surface area contributed by atoms with Gasteiger partial charge < -0.3 is 4.74 Å². The predicted molar refractivity (Wildman–Crippen MR) is 152 cm³/mol. The van der Waals surface area contributed by atoms with Crippen molar-refractivity contribution >= 4 is 17.6 Å². The monoisotopic (exact) mass is 505 g/mol. The van der Waals surface area contributed by atoms with Gasteiger partial charge in [-0.25, -0.2) is 0 Å². The number of esters is 1. The number of carbonyl (C=O) groups is 1. The Balaban J connectivity index is 1.51. The van der Waals surface area contributed by atoms with Gasteiger partial charge in [0.1, 0.15) is 11.1 Å². The fraction of sp³-hybridized carbons (Fsp3) is 0.438. The highest BCUT2D eigenvalue weighted by Crippen LogP contribution is 2.26. The Morgan fingerprint density at radius 3 is 1.97 bits per heavy atom. The van der Waals surface area contributed by atoms with Crippen LogP contribution in [-0.4, -0.2) is 16.3 Å². The highest BCUT2D eigenvalue weighted by molar-refractivity contribution is 6.30. The molecule has 0 saturated heterocycles. The lowest BCUT2D eigenvalue weighted by Crippen LogP contribution is -2.26. The number of unbranched alkanes of at least 4 members (excludes halogenated alkanes) is 6. The van der Waals surface area contributed by atoms with Crippen LogP contribution < -0.4 is 4.74 Å². The van der Waals surface area contributed by atoms with Crippen LogP contribution in [0.4, 0.5) is 0 Å². The number of ether oxygens (including phenoxy) is 1. The van der Waals surface area contributed by atoms with Crippen molar-refractivity contribution in [3.63, 3.8) is 0 Å². The summed E-state index contributed by atoms with van der Waals surface area (Å²) in [7, 11) is 0. The number of alkyl halides is 1. The molecule has 0 aliphatic rings. The topological polar surface area (TPSA) is 39.2 Å². The zero-order valence-corrected chi connectivity index (χ0v) is 22.8. The van der Waals surface area contributed by atoms with Gasteiger partial charge in [-0.15, -0.1) is 11.6 Å². The van der Waals surface area contributed by atoms with Crippen LogP contribution in [0.15, 0.2) is 66.9 Å². The predicted octanol–water partition coefficient (Wildman–Crippen LogP) is 9.27. The van der Waals surface area contributed by atoms with Crippen LogP contribution in [0.2, 0.25) is 0 Å². The van der Waals surface area contributed by atoms with E-state index in [1.165, 1.54) is 50.5 Å². The maximum atomic E-state index is 12.2. The molecule has 0 spiro atoms. The quantitative estimate of drug-likeness (QED) is 0.0947. The Labute approximate surface area is 222 Å². The molecule has 2 atom stereocenters. The maximum absolute atomic E-state index is 12.2. The standard InChI is InChI=1S/C32H40ClNO2/c1-4-6-7-8-9-10-11-12-25-13-22-30(34-23-25)28-16-14-26(15-17-28)27-18-20-29(21-19-27)36-32(35)31(33)24(3)5-2/h13-24,31H,4-12H2,1-3H3. The second-order valence-corrected chi connectivity index (χ2v) is 10.2. The SMILES string of the molecule is CCCCCCCCCc1ccc(-c2ccc(-c3ccc(OC(=O)C(Cl)C(C)CC)cc3)cc2)nc1. The smallest absolute Gasteiger partial charge is 0.329 e. The van der Waals surface area contributed by atoms with Crippen molar-refractivity contribution in [1.29, 1.82) is 0 Å². The number of nitrogens with zero attached hydrogens (tertiary/aromatic N) is 1. The molecule has 3 nitrogen and oxygen atoms in total. The van der Waals surface area contributed by atoms with Crippen LogP contribution in [0.25, 0.3) is 22.4 Å². The van der Waals surface area contributed by atoms with Gasteiger partial charge in [-0.05, 0) is 53.6 Å². The highest BCUT2D eigenvalue weighted by atomic mass is 35.5. The summed E-state index contributed by atoms with van der Waals surface area (Å²) in [6, 6.07) is 20.3.